The van der Waals surface area contributed by atoms with Crippen molar-refractivity contribution in [2.45, 2.75) is 11.8 Å². The molecule has 0 aliphatic rings. The van der Waals surface area contributed by atoms with Crippen molar-refractivity contribution >= 4 is 21.6 Å². The van der Waals surface area contributed by atoms with Gasteiger partial charge < -0.3 is 10.1 Å². The lowest BCUT2D eigenvalue weighted by Gasteiger charge is -2.17. The molecule has 0 radical (unpaired) electrons. The molecule has 2 aromatic rings. The van der Waals surface area contributed by atoms with Gasteiger partial charge in [0.05, 0.1) is 18.6 Å². The van der Waals surface area contributed by atoms with Crippen LogP contribution in [-0.4, -0.2) is 39.3 Å². The van der Waals surface area contributed by atoms with Crippen molar-refractivity contribution in [1.82, 2.24) is 4.31 Å². The average Bonchev–Trinajstić information content (AvgIpc) is 2.56. The Kier molecular flexibility index (Phi) is 5.76. The van der Waals surface area contributed by atoms with Crippen molar-refractivity contribution in [1.29, 1.82) is 0 Å². The van der Waals surface area contributed by atoms with Crippen LogP contribution < -0.4 is 10.1 Å². The maximum Gasteiger partial charge on any atom is 0.243 e. The fraction of sp³-hybridized carbons (Fsp3) is 0.235. The van der Waals surface area contributed by atoms with Gasteiger partial charge in [0.15, 0.2) is 0 Å². The van der Waals surface area contributed by atoms with Crippen LogP contribution in [0, 0.1) is 12.7 Å². The maximum atomic E-state index is 12.9. The zero-order chi connectivity index (χ0) is 18.6. The Morgan fingerprint density at radius 1 is 1.20 bits per heavy atom. The van der Waals surface area contributed by atoms with E-state index in [-0.39, 0.29) is 11.4 Å². The minimum absolute atomic E-state index is 0.0721. The van der Waals surface area contributed by atoms with Crippen molar-refractivity contribution in [3.8, 4) is 5.75 Å². The number of amides is 1. The number of hydrogen-bond acceptors (Lipinski definition) is 4. The Balaban J connectivity index is 2.10. The van der Waals surface area contributed by atoms with E-state index in [9.17, 15) is 17.6 Å². The standard InChI is InChI=1S/C17H19FN2O4S/c1-12-10-15(8-9-16(12)24-3)25(22,23)20(2)11-17(21)19-14-6-4-13(18)5-7-14/h4-10H,11H2,1-3H3,(H,19,21). The number of benzene rings is 2. The second-order valence-corrected chi connectivity index (χ2v) is 7.49. The zero-order valence-electron chi connectivity index (χ0n) is 14.1. The molecule has 8 heteroatoms. The van der Waals surface area contributed by atoms with E-state index in [1.807, 2.05) is 0 Å². The number of carbonyl (C=O) groups excluding carboxylic acids is 1. The summed E-state index contributed by atoms with van der Waals surface area (Å²) in [5.74, 6) is -0.369. The van der Waals surface area contributed by atoms with Gasteiger partial charge in [0.1, 0.15) is 11.6 Å². The van der Waals surface area contributed by atoms with E-state index >= 15 is 0 Å². The summed E-state index contributed by atoms with van der Waals surface area (Å²) in [6.07, 6.45) is 0. The third-order valence-corrected chi connectivity index (χ3v) is 5.37. The van der Waals surface area contributed by atoms with Crippen molar-refractivity contribution in [2.24, 2.45) is 0 Å². The third kappa shape index (κ3) is 4.55. The predicted molar refractivity (Wildman–Crippen MR) is 92.6 cm³/mol. The summed E-state index contributed by atoms with van der Waals surface area (Å²) >= 11 is 0. The second-order valence-electron chi connectivity index (χ2n) is 5.45. The molecule has 0 aromatic heterocycles. The largest absolute Gasteiger partial charge is 0.496 e. The van der Waals surface area contributed by atoms with Crippen molar-refractivity contribution in [3.63, 3.8) is 0 Å². The molecular formula is C17H19FN2O4S. The number of aryl methyl sites for hydroxylation is 1. The number of sulfonamides is 1. The number of ether oxygens (including phenoxy) is 1. The molecule has 0 saturated heterocycles. The van der Waals surface area contributed by atoms with Crippen LogP contribution >= 0.6 is 0 Å². The molecule has 0 spiro atoms. The van der Waals surface area contributed by atoms with Crippen LogP contribution in [-0.2, 0) is 14.8 Å². The summed E-state index contributed by atoms with van der Waals surface area (Å²) in [5.41, 5.74) is 1.06. The van der Waals surface area contributed by atoms with Gasteiger partial charge in [-0.15, -0.1) is 0 Å². The third-order valence-electron chi connectivity index (χ3n) is 3.57. The van der Waals surface area contributed by atoms with Gasteiger partial charge in [-0.25, -0.2) is 12.8 Å². The summed E-state index contributed by atoms with van der Waals surface area (Å²) in [4.78, 5) is 12.1. The number of anilines is 1. The van der Waals surface area contributed by atoms with E-state index in [2.05, 4.69) is 5.32 Å². The Hall–Kier alpha value is -2.45. The Morgan fingerprint density at radius 3 is 2.40 bits per heavy atom. The molecule has 1 amide bonds. The number of halogens is 1. The van der Waals surface area contributed by atoms with Crippen LogP contribution in [0.2, 0.25) is 0 Å². The molecule has 0 bridgehead atoms. The van der Waals surface area contributed by atoms with Crippen molar-refractivity contribution in [3.05, 3.63) is 53.8 Å². The summed E-state index contributed by atoms with van der Waals surface area (Å²) in [6.45, 7) is 1.36. The van der Waals surface area contributed by atoms with Gasteiger partial charge in [0.2, 0.25) is 15.9 Å². The normalized spacial score (nSPS) is 11.4. The first-order chi connectivity index (χ1) is 11.7. The van der Waals surface area contributed by atoms with E-state index in [1.54, 1.807) is 13.0 Å². The van der Waals surface area contributed by atoms with E-state index in [4.69, 9.17) is 4.74 Å². The highest BCUT2D eigenvalue weighted by molar-refractivity contribution is 7.89. The minimum atomic E-state index is -3.82. The number of nitrogens with zero attached hydrogens (tertiary/aromatic N) is 1. The Labute approximate surface area is 146 Å². The molecule has 25 heavy (non-hydrogen) atoms. The van der Waals surface area contributed by atoms with E-state index in [1.165, 1.54) is 50.6 Å². The van der Waals surface area contributed by atoms with Gasteiger partial charge in [0.25, 0.3) is 0 Å². The average molecular weight is 366 g/mol. The molecule has 2 rings (SSSR count). The quantitative estimate of drug-likeness (QED) is 0.852. The fourth-order valence-electron chi connectivity index (χ4n) is 2.21. The summed E-state index contributed by atoms with van der Waals surface area (Å²) in [5, 5.41) is 2.52. The topological polar surface area (TPSA) is 75.7 Å². The first-order valence-electron chi connectivity index (χ1n) is 7.40. The van der Waals surface area contributed by atoms with Crippen LogP contribution in [0.25, 0.3) is 0 Å². The van der Waals surface area contributed by atoms with E-state index < -0.39 is 21.7 Å². The lowest BCUT2D eigenvalue weighted by molar-refractivity contribution is -0.116. The second kappa shape index (κ2) is 7.62. The SMILES string of the molecule is COc1ccc(S(=O)(=O)N(C)CC(=O)Nc2ccc(F)cc2)cc1C. The molecule has 134 valence electrons. The molecular weight excluding hydrogens is 347 g/mol. The van der Waals surface area contributed by atoms with Crippen LogP contribution in [0.1, 0.15) is 5.56 Å². The Bertz CT molecular complexity index is 867. The number of rotatable bonds is 6. The van der Waals surface area contributed by atoms with Crippen LogP contribution in [0.15, 0.2) is 47.4 Å². The van der Waals surface area contributed by atoms with Crippen LogP contribution in [0.5, 0.6) is 5.75 Å². The number of likely N-dealkylation sites (N-methyl/N-ethyl adjacent to an activating group) is 1. The van der Waals surface area contributed by atoms with Crippen LogP contribution in [0.3, 0.4) is 0 Å². The number of carbonyl (C=O) groups is 1. The van der Waals surface area contributed by atoms with Crippen molar-refractivity contribution in [2.75, 3.05) is 26.0 Å². The van der Waals surface area contributed by atoms with Gasteiger partial charge >= 0.3 is 0 Å². The molecule has 0 fully saturated rings. The maximum absolute atomic E-state index is 12.9. The Morgan fingerprint density at radius 2 is 1.84 bits per heavy atom. The lowest BCUT2D eigenvalue weighted by atomic mass is 10.2. The van der Waals surface area contributed by atoms with Gasteiger partial charge in [-0.05, 0) is 55.0 Å². The fourth-order valence-corrected chi connectivity index (χ4v) is 3.43. The molecule has 2 aromatic carbocycles. The molecule has 0 atom stereocenters. The van der Waals surface area contributed by atoms with Crippen molar-refractivity contribution < 1.29 is 22.3 Å². The first-order valence-corrected chi connectivity index (χ1v) is 8.84. The highest BCUT2D eigenvalue weighted by atomic mass is 32.2. The van der Waals surface area contributed by atoms with E-state index in [0.29, 0.717) is 17.0 Å². The van der Waals surface area contributed by atoms with Gasteiger partial charge in [-0.2, -0.15) is 4.31 Å². The van der Waals surface area contributed by atoms with Gasteiger partial charge in [-0.1, -0.05) is 0 Å². The highest BCUT2D eigenvalue weighted by Crippen LogP contribution is 2.23. The molecule has 0 saturated carbocycles. The molecule has 6 nitrogen and oxygen atoms in total. The monoisotopic (exact) mass is 366 g/mol. The van der Waals surface area contributed by atoms with Gasteiger partial charge in [0, 0.05) is 12.7 Å². The smallest absolute Gasteiger partial charge is 0.243 e. The molecule has 1 N–H and O–H groups in total. The minimum Gasteiger partial charge on any atom is -0.496 e. The highest BCUT2D eigenvalue weighted by Gasteiger charge is 2.23. The summed E-state index contributed by atoms with van der Waals surface area (Å²) in [7, 11) is -1.00. The first kappa shape index (κ1) is 18.9. The van der Waals surface area contributed by atoms with Crippen LogP contribution in [0.4, 0.5) is 10.1 Å². The number of methoxy groups -OCH3 is 1. The van der Waals surface area contributed by atoms with Gasteiger partial charge in [-0.3, -0.25) is 4.79 Å². The number of nitrogens with one attached hydrogen (secondary N) is 1. The molecule has 0 heterocycles. The lowest BCUT2D eigenvalue weighted by Crippen LogP contribution is -2.35. The van der Waals surface area contributed by atoms with E-state index in [0.717, 1.165) is 4.31 Å². The predicted octanol–water partition coefficient (Wildman–Crippen LogP) is 2.40. The summed E-state index contributed by atoms with van der Waals surface area (Å²) in [6, 6.07) is 9.68. The number of hydrogen-bond donors (Lipinski definition) is 1. The molecule has 0 aliphatic carbocycles. The zero-order valence-corrected chi connectivity index (χ0v) is 14.9. The summed E-state index contributed by atoms with van der Waals surface area (Å²) < 4.78 is 44.1. The molecule has 0 unspecified atom stereocenters. The molecule has 0 aliphatic heterocycles.